The topological polar surface area (TPSA) is 101 Å². The van der Waals surface area contributed by atoms with E-state index in [-0.39, 0.29) is 18.2 Å². The Morgan fingerprint density at radius 1 is 1.37 bits per heavy atom. The Labute approximate surface area is 158 Å². The van der Waals surface area contributed by atoms with E-state index in [1.807, 2.05) is 31.2 Å². The van der Waals surface area contributed by atoms with Crippen LogP contribution in [-0.2, 0) is 11.2 Å². The number of para-hydroxylation sites is 1. The molecule has 1 aromatic carbocycles. The van der Waals surface area contributed by atoms with Crippen molar-refractivity contribution in [3.8, 4) is 11.5 Å². The maximum absolute atomic E-state index is 12.3. The SMILES string of the molecule is CCOc1ccc(CC(=O)NC(C[C@@H]2COc3ccccc32)B(O)O)nc1. The van der Waals surface area contributed by atoms with Crippen molar-refractivity contribution in [3.05, 3.63) is 53.9 Å². The minimum Gasteiger partial charge on any atom is -0.493 e. The van der Waals surface area contributed by atoms with Crippen LogP contribution in [0.25, 0.3) is 0 Å². The minimum atomic E-state index is -1.66. The molecule has 7 nitrogen and oxygen atoms in total. The molecule has 2 heterocycles. The fourth-order valence-corrected chi connectivity index (χ4v) is 3.18. The van der Waals surface area contributed by atoms with Gasteiger partial charge >= 0.3 is 7.12 Å². The van der Waals surface area contributed by atoms with Crippen molar-refractivity contribution in [2.45, 2.75) is 31.6 Å². The number of carbonyl (C=O) groups excluding carboxylic acids is 1. The molecule has 2 atom stereocenters. The van der Waals surface area contributed by atoms with E-state index < -0.39 is 13.1 Å². The van der Waals surface area contributed by atoms with Crippen molar-refractivity contribution >= 4 is 13.0 Å². The smallest absolute Gasteiger partial charge is 0.475 e. The number of hydrogen-bond donors (Lipinski definition) is 3. The lowest BCUT2D eigenvalue weighted by Crippen LogP contribution is -2.48. The van der Waals surface area contributed by atoms with Gasteiger partial charge < -0.3 is 24.8 Å². The van der Waals surface area contributed by atoms with Crippen LogP contribution < -0.4 is 14.8 Å². The Hall–Kier alpha value is -2.58. The van der Waals surface area contributed by atoms with Crippen molar-refractivity contribution in [2.24, 2.45) is 0 Å². The highest BCUT2D eigenvalue weighted by atomic mass is 16.5. The number of hydrogen-bond acceptors (Lipinski definition) is 6. The van der Waals surface area contributed by atoms with Crippen LogP contribution in [0, 0.1) is 0 Å². The summed E-state index contributed by atoms with van der Waals surface area (Å²) in [6.45, 7) is 2.89. The van der Waals surface area contributed by atoms with Gasteiger partial charge in [-0.15, -0.1) is 0 Å². The van der Waals surface area contributed by atoms with Gasteiger partial charge in [-0.05, 0) is 31.5 Å². The molecule has 1 amide bonds. The zero-order valence-electron chi connectivity index (χ0n) is 15.2. The van der Waals surface area contributed by atoms with E-state index in [0.29, 0.717) is 31.1 Å². The molecule has 0 radical (unpaired) electrons. The summed E-state index contributed by atoms with van der Waals surface area (Å²) in [4.78, 5) is 16.5. The van der Waals surface area contributed by atoms with E-state index in [4.69, 9.17) is 9.47 Å². The molecular formula is C19H23BN2O5. The predicted octanol–water partition coefficient (Wildman–Crippen LogP) is 1.09. The third kappa shape index (κ3) is 4.99. The first kappa shape index (κ1) is 19.2. The van der Waals surface area contributed by atoms with E-state index >= 15 is 0 Å². The molecule has 0 bridgehead atoms. The molecule has 1 aliphatic heterocycles. The van der Waals surface area contributed by atoms with Gasteiger partial charge in [0, 0.05) is 17.2 Å². The molecule has 3 rings (SSSR count). The number of amides is 1. The molecule has 1 aromatic heterocycles. The Balaban J connectivity index is 1.58. The van der Waals surface area contributed by atoms with Gasteiger partial charge in [0.2, 0.25) is 5.91 Å². The molecule has 0 saturated carbocycles. The summed E-state index contributed by atoms with van der Waals surface area (Å²) in [5.74, 6) is 0.331. The van der Waals surface area contributed by atoms with Crippen molar-refractivity contribution in [3.63, 3.8) is 0 Å². The first-order valence-electron chi connectivity index (χ1n) is 9.01. The highest BCUT2D eigenvalue weighted by Gasteiger charge is 2.32. The second-order valence-electron chi connectivity index (χ2n) is 6.46. The highest BCUT2D eigenvalue weighted by molar-refractivity contribution is 6.43. The Morgan fingerprint density at radius 2 is 2.19 bits per heavy atom. The molecule has 0 fully saturated rings. The van der Waals surface area contributed by atoms with Crippen LogP contribution in [0.4, 0.5) is 0 Å². The van der Waals surface area contributed by atoms with Gasteiger partial charge in [0.15, 0.2) is 0 Å². The number of fused-ring (bicyclic) bond motifs is 1. The van der Waals surface area contributed by atoms with Crippen LogP contribution >= 0.6 is 0 Å². The average Bonchev–Trinajstić information content (AvgIpc) is 3.06. The lowest BCUT2D eigenvalue weighted by molar-refractivity contribution is -0.121. The highest BCUT2D eigenvalue weighted by Crippen LogP contribution is 2.36. The zero-order valence-corrected chi connectivity index (χ0v) is 15.2. The van der Waals surface area contributed by atoms with Crippen LogP contribution in [-0.4, -0.2) is 47.2 Å². The van der Waals surface area contributed by atoms with E-state index in [2.05, 4.69) is 10.3 Å². The molecule has 0 spiro atoms. The molecule has 3 N–H and O–H groups in total. The second kappa shape index (κ2) is 8.88. The minimum absolute atomic E-state index is 0.00287. The summed E-state index contributed by atoms with van der Waals surface area (Å²) < 4.78 is 10.9. The van der Waals surface area contributed by atoms with Gasteiger partial charge in [-0.25, -0.2) is 0 Å². The summed E-state index contributed by atoms with van der Waals surface area (Å²) >= 11 is 0. The number of aromatic nitrogens is 1. The monoisotopic (exact) mass is 370 g/mol. The predicted molar refractivity (Wildman–Crippen MR) is 101 cm³/mol. The fraction of sp³-hybridized carbons (Fsp3) is 0.368. The van der Waals surface area contributed by atoms with Crippen LogP contribution in [0.2, 0.25) is 0 Å². The summed E-state index contributed by atoms with van der Waals surface area (Å²) in [5, 5.41) is 22.1. The molecule has 142 valence electrons. The number of ether oxygens (including phenoxy) is 2. The largest absolute Gasteiger partial charge is 0.493 e. The molecule has 1 aliphatic rings. The molecule has 2 aromatic rings. The van der Waals surface area contributed by atoms with Crippen molar-refractivity contribution < 1.29 is 24.3 Å². The number of rotatable bonds is 8. The van der Waals surface area contributed by atoms with Gasteiger partial charge in [-0.3, -0.25) is 9.78 Å². The normalized spacial score (nSPS) is 16.2. The number of nitrogens with one attached hydrogen (secondary N) is 1. The first-order chi connectivity index (χ1) is 13.1. The van der Waals surface area contributed by atoms with Crippen LogP contribution in [0.1, 0.15) is 30.5 Å². The summed E-state index contributed by atoms with van der Waals surface area (Å²) in [6.07, 6.45) is 1.99. The van der Waals surface area contributed by atoms with Crippen molar-refractivity contribution in [1.82, 2.24) is 10.3 Å². The molecule has 8 heteroatoms. The summed E-state index contributed by atoms with van der Waals surface area (Å²) in [5.41, 5.74) is 1.60. The lowest BCUT2D eigenvalue weighted by atomic mass is 9.73. The van der Waals surface area contributed by atoms with Crippen molar-refractivity contribution in [1.29, 1.82) is 0 Å². The molecule has 1 unspecified atom stereocenters. The van der Waals surface area contributed by atoms with Gasteiger partial charge in [0.05, 0.1) is 31.8 Å². The molecule has 0 saturated heterocycles. The summed E-state index contributed by atoms with van der Waals surface area (Å²) in [6, 6.07) is 11.1. The number of nitrogens with zero attached hydrogens (tertiary/aromatic N) is 1. The Morgan fingerprint density at radius 3 is 2.89 bits per heavy atom. The average molecular weight is 370 g/mol. The lowest BCUT2D eigenvalue weighted by Gasteiger charge is -2.20. The van der Waals surface area contributed by atoms with Gasteiger partial charge in [-0.1, -0.05) is 18.2 Å². The second-order valence-corrected chi connectivity index (χ2v) is 6.46. The third-order valence-electron chi connectivity index (χ3n) is 4.49. The molecular weight excluding hydrogens is 347 g/mol. The first-order valence-corrected chi connectivity index (χ1v) is 9.01. The van der Waals surface area contributed by atoms with E-state index in [1.54, 1.807) is 18.3 Å². The van der Waals surface area contributed by atoms with Crippen LogP contribution in [0.3, 0.4) is 0 Å². The Kier molecular flexibility index (Phi) is 6.31. The van der Waals surface area contributed by atoms with Gasteiger partial charge in [0.1, 0.15) is 11.5 Å². The maximum atomic E-state index is 12.3. The van der Waals surface area contributed by atoms with Gasteiger partial charge in [0.25, 0.3) is 0 Å². The van der Waals surface area contributed by atoms with Gasteiger partial charge in [-0.2, -0.15) is 0 Å². The van der Waals surface area contributed by atoms with Crippen molar-refractivity contribution in [2.75, 3.05) is 13.2 Å². The zero-order chi connectivity index (χ0) is 19.2. The number of carbonyl (C=O) groups is 1. The van der Waals surface area contributed by atoms with E-state index in [1.165, 1.54) is 0 Å². The number of benzene rings is 1. The third-order valence-corrected chi connectivity index (χ3v) is 4.49. The molecule has 0 aliphatic carbocycles. The maximum Gasteiger partial charge on any atom is 0.475 e. The Bertz CT molecular complexity index is 769. The summed E-state index contributed by atoms with van der Waals surface area (Å²) in [7, 11) is -1.66. The van der Waals surface area contributed by atoms with E-state index in [9.17, 15) is 14.8 Å². The fourth-order valence-electron chi connectivity index (χ4n) is 3.18. The molecule has 27 heavy (non-hydrogen) atoms. The van der Waals surface area contributed by atoms with Crippen LogP contribution in [0.15, 0.2) is 42.6 Å². The van der Waals surface area contributed by atoms with Crippen LogP contribution in [0.5, 0.6) is 11.5 Å². The van der Waals surface area contributed by atoms with E-state index in [0.717, 1.165) is 11.3 Å². The number of pyridine rings is 1. The quantitative estimate of drug-likeness (QED) is 0.602. The standard InChI is InChI=1S/C19H23BN2O5/c1-2-26-15-8-7-14(21-11-15)10-19(23)22-18(20(24)25)9-13-12-27-17-6-4-3-5-16(13)17/h3-8,11,13,18,24-25H,2,9-10,12H2,1H3,(H,22,23)/t13-,18?/m1/s1.